The van der Waals surface area contributed by atoms with Crippen LogP contribution in [0.2, 0.25) is 0 Å². The van der Waals surface area contributed by atoms with Gasteiger partial charge in [0.05, 0.1) is 5.92 Å². The minimum atomic E-state index is -1.11. The lowest BCUT2D eigenvalue weighted by atomic mass is 9.45. The van der Waals surface area contributed by atoms with E-state index in [0.29, 0.717) is 12.8 Å². The lowest BCUT2D eigenvalue weighted by molar-refractivity contribution is -0.174. The maximum Gasteiger partial charge on any atom is 0.307 e. The second-order valence-corrected chi connectivity index (χ2v) is 10.7. The molecular formula is C24H34O8. The fourth-order valence-electron chi connectivity index (χ4n) is 7.48. The summed E-state index contributed by atoms with van der Waals surface area (Å²) in [7, 11) is 0. The normalized spacial score (nSPS) is 39.8. The van der Waals surface area contributed by atoms with Gasteiger partial charge in [-0.1, -0.05) is 20.8 Å². The van der Waals surface area contributed by atoms with Crippen LogP contribution in [0.4, 0.5) is 0 Å². The quantitative estimate of drug-likeness (QED) is 0.511. The van der Waals surface area contributed by atoms with Crippen molar-refractivity contribution >= 4 is 29.5 Å². The number of fused-ring (bicyclic) bond motifs is 3. The Kier molecular flexibility index (Phi) is 6.55. The van der Waals surface area contributed by atoms with Crippen molar-refractivity contribution in [2.45, 2.75) is 72.1 Å². The summed E-state index contributed by atoms with van der Waals surface area (Å²) in [4.78, 5) is 61.3. The van der Waals surface area contributed by atoms with Crippen molar-refractivity contribution in [2.24, 2.45) is 46.3 Å². The molecule has 8 heteroatoms. The second-order valence-electron chi connectivity index (χ2n) is 10.7. The Morgan fingerprint density at radius 1 is 0.969 bits per heavy atom. The van der Waals surface area contributed by atoms with Crippen molar-refractivity contribution in [3.05, 3.63) is 0 Å². The maximum atomic E-state index is 13.6. The van der Waals surface area contributed by atoms with Crippen molar-refractivity contribution in [1.29, 1.82) is 0 Å². The predicted octanol–water partition coefficient (Wildman–Crippen LogP) is 3.27. The predicted molar refractivity (Wildman–Crippen MR) is 113 cm³/mol. The second kappa shape index (κ2) is 8.60. The zero-order valence-corrected chi connectivity index (χ0v) is 19.0. The number of carboxylic acid groups (broad SMARTS) is 3. The molecule has 3 fully saturated rings. The van der Waals surface area contributed by atoms with Crippen LogP contribution in [0.15, 0.2) is 0 Å². The van der Waals surface area contributed by atoms with Crippen molar-refractivity contribution in [1.82, 2.24) is 0 Å². The number of hydrogen-bond donors (Lipinski definition) is 3. The van der Waals surface area contributed by atoms with E-state index in [0.717, 1.165) is 6.42 Å². The van der Waals surface area contributed by atoms with Gasteiger partial charge in [-0.3, -0.25) is 24.0 Å². The lowest BCUT2D eigenvalue weighted by Crippen LogP contribution is -2.60. The SMILES string of the molecule is C[C@H](CCC(=O)O)[C@H]1CC[C@H]2[C@@H]3C(=O)C[C@H](C(=O)O)[C@](C)(CCC(=O)O)[C@H]3CC(=O)[C@]12C. The molecule has 8 nitrogen and oxygen atoms in total. The first-order valence-electron chi connectivity index (χ1n) is 11.6. The smallest absolute Gasteiger partial charge is 0.307 e. The Balaban J connectivity index is 1.96. The Morgan fingerprint density at radius 3 is 2.16 bits per heavy atom. The number of aliphatic carboxylic acids is 3. The highest BCUT2D eigenvalue weighted by atomic mass is 16.4. The Labute approximate surface area is 187 Å². The Morgan fingerprint density at radius 2 is 1.59 bits per heavy atom. The standard InChI is InChI=1S/C24H34O8/c1-12(4-7-19(27)28)13-5-6-14-21-15(11-18(26)24(13,14)3)23(2,9-8-20(29)30)16(22(31)32)10-17(21)25/h12-16,21H,4-11H2,1-3H3,(H,27,28)(H,29,30)(H,31,32)/t12-,13-,14+,15+,16-,21+,23-,24-/m1/s1. The highest BCUT2D eigenvalue weighted by molar-refractivity contribution is 5.94. The van der Waals surface area contributed by atoms with E-state index in [9.17, 15) is 34.2 Å². The fourth-order valence-corrected chi connectivity index (χ4v) is 7.48. The average Bonchev–Trinajstić information content (AvgIpc) is 3.06. The van der Waals surface area contributed by atoms with Gasteiger partial charge in [-0.2, -0.15) is 0 Å². The molecule has 3 aliphatic rings. The number of Topliss-reactive ketones (excluding diaryl/α,β-unsaturated/α-hetero) is 2. The summed E-state index contributed by atoms with van der Waals surface area (Å²) in [6, 6.07) is 0. The van der Waals surface area contributed by atoms with Crippen LogP contribution >= 0.6 is 0 Å². The average molecular weight is 451 g/mol. The molecule has 0 aromatic carbocycles. The molecule has 178 valence electrons. The van der Waals surface area contributed by atoms with Gasteiger partial charge in [0, 0.05) is 37.0 Å². The molecule has 0 aromatic heterocycles. The van der Waals surface area contributed by atoms with Crippen LogP contribution < -0.4 is 0 Å². The van der Waals surface area contributed by atoms with Crippen molar-refractivity contribution in [3.8, 4) is 0 Å². The topological polar surface area (TPSA) is 146 Å². The van der Waals surface area contributed by atoms with Crippen LogP contribution in [0.25, 0.3) is 0 Å². The Hall–Kier alpha value is -2.25. The van der Waals surface area contributed by atoms with Gasteiger partial charge in [-0.15, -0.1) is 0 Å². The molecule has 0 radical (unpaired) electrons. The number of carbonyl (C=O) groups is 5. The Bertz CT molecular complexity index is 834. The monoisotopic (exact) mass is 450 g/mol. The molecule has 0 unspecified atom stereocenters. The zero-order chi connectivity index (χ0) is 24.0. The van der Waals surface area contributed by atoms with Crippen LogP contribution in [0.1, 0.15) is 72.1 Å². The summed E-state index contributed by atoms with van der Waals surface area (Å²) in [5, 5.41) is 28.1. The third-order valence-corrected chi connectivity index (χ3v) is 9.30. The van der Waals surface area contributed by atoms with Crippen molar-refractivity contribution < 1.29 is 39.3 Å². The van der Waals surface area contributed by atoms with Gasteiger partial charge in [0.2, 0.25) is 0 Å². The molecule has 0 saturated heterocycles. The van der Waals surface area contributed by atoms with Crippen LogP contribution in [0.3, 0.4) is 0 Å². The number of carboxylic acids is 3. The van der Waals surface area contributed by atoms with E-state index < -0.39 is 46.5 Å². The van der Waals surface area contributed by atoms with E-state index in [1.807, 2.05) is 13.8 Å². The molecule has 0 aromatic rings. The molecule has 3 saturated carbocycles. The molecule has 3 aliphatic carbocycles. The molecule has 0 heterocycles. The highest BCUT2D eigenvalue weighted by Crippen LogP contribution is 2.65. The largest absolute Gasteiger partial charge is 0.481 e. The number of hydrogen-bond acceptors (Lipinski definition) is 5. The molecule has 3 rings (SSSR count). The van der Waals surface area contributed by atoms with Gasteiger partial charge in [0.1, 0.15) is 11.6 Å². The summed E-state index contributed by atoms with van der Waals surface area (Å²) < 4.78 is 0. The summed E-state index contributed by atoms with van der Waals surface area (Å²) in [6.07, 6.45) is 1.76. The van der Waals surface area contributed by atoms with Gasteiger partial charge in [-0.25, -0.2) is 0 Å². The summed E-state index contributed by atoms with van der Waals surface area (Å²) in [5.74, 6) is -5.28. The fraction of sp³-hybridized carbons (Fsp3) is 0.792. The minimum absolute atomic E-state index is 0.00816. The molecule has 3 N–H and O–H groups in total. The van der Waals surface area contributed by atoms with Crippen LogP contribution in [-0.4, -0.2) is 44.8 Å². The number of rotatable bonds is 8. The van der Waals surface area contributed by atoms with E-state index in [-0.39, 0.29) is 61.4 Å². The summed E-state index contributed by atoms with van der Waals surface area (Å²) in [5.41, 5.74) is -1.69. The van der Waals surface area contributed by atoms with E-state index in [2.05, 4.69) is 0 Å². The van der Waals surface area contributed by atoms with E-state index in [1.165, 1.54) is 0 Å². The van der Waals surface area contributed by atoms with Gasteiger partial charge in [0.25, 0.3) is 0 Å². The van der Waals surface area contributed by atoms with Crippen molar-refractivity contribution in [3.63, 3.8) is 0 Å². The highest BCUT2D eigenvalue weighted by Gasteiger charge is 2.66. The zero-order valence-electron chi connectivity index (χ0n) is 19.0. The van der Waals surface area contributed by atoms with E-state index in [1.54, 1.807) is 6.92 Å². The van der Waals surface area contributed by atoms with Crippen LogP contribution in [0, 0.1) is 46.3 Å². The summed E-state index contributed by atoms with van der Waals surface area (Å²) >= 11 is 0. The van der Waals surface area contributed by atoms with Crippen LogP contribution in [-0.2, 0) is 24.0 Å². The molecular weight excluding hydrogens is 416 g/mol. The van der Waals surface area contributed by atoms with Crippen LogP contribution in [0.5, 0.6) is 0 Å². The third kappa shape index (κ3) is 3.86. The lowest BCUT2D eigenvalue weighted by Gasteiger charge is -2.56. The van der Waals surface area contributed by atoms with Gasteiger partial charge in [-0.05, 0) is 54.8 Å². The minimum Gasteiger partial charge on any atom is -0.481 e. The molecule has 0 spiro atoms. The molecule has 0 amide bonds. The number of carbonyl (C=O) groups excluding carboxylic acids is 2. The first-order chi connectivity index (χ1) is 14.8. The summed E-state index contributed by atoms with van der Waals surface area (Å²) in [6.45, 7) is 5.63. The number of ketones is 2. The van der Waals surface area contributed by atoms with E-state index >= 15 is 0 Å². The van der Waals surface area contributed by atoms with Crippen molar-refractivity contribution in [2.75, 3.05) is 0 Å². The molecule has 0 aliphatic heterocycles. The first-order valence-corrected chi connectivity index (χ1v) is 11.6. The van der Waals surface area contributed by atoms with Gasteiger partial charge in [0.15, 0.2) is 0 Å². The first kappa shape index (κ1) is 24.4. The van der Waals surface area contributed by atoms with Gasteiger partial charge >= 0.3 is 17.9 Å². The molecule has 32 heavy (non-hydrogen) atoms. The molecule has 0 bridgehead atoms. The van der Waals surface area contributed by atoms with Gasteiger partial charge < -0.3 is 15.3 Å². The van der Waals surface area contributed by atoms with E-state index in [4.69, 9.17) is 5.11 Å². The molecule has 8 atom stereocenters. The third-order valence-electron chi connectivity index (χ3n) is 9.30. The maximum absolute atomic E-state index is 13.6.